The molecule has 0 aliphatic carbocycles. The number of rotatable bonds is 7. The van der Waals surface area contributed by atoms with E-state index in [-0.39, 0.29) is 33.8 Å². The number of thioether (sulfide) groups is 1. The van der Waals surface area contributed by atoms with Crippen molar-refractivity contribution in [3.8, 4) is 11.5 Å². The molecule has 0 spiro atoms. The third-order valence-electron chi connectivity index (χ3n) is 5.12. The van der Waals surface area contributed by atoms with Crippen LogP contribution in [0.15, 0.2) is 95.9 Å². The molecular weight excluding hydrogens is 571 g/mol. The summed E-state index contributed by atoms with van der Waals surface area (Å²) in [6, 6.07) is 21.1. The van der Waals surface area contributed by atoms with Crippen molar-refractivity contribution in [1.82, 2.24) is 5.43 Å². The van der Waals surface area contributed by atoms with Gasteiger partial charge in [0.05, 0.1) is 22.4 Å². The standard InChI is InChI=1S/C14H11FN2O3.C8H8O3S.C7H6O3/c15-9-5-7-10(8-6-9)16-17-13(18)11-3-1-2-4-12(11)14(19)20;1-12-5-2-3-7(9)6(4-5)8(10)11;8-6-3-1-5(2-4-6)7(9)10/h1-8,16H,(H,17,18)(H,19,20);2-4,9H,1H3,(H,10,11);1-4,8H,(H,9,10). The van der Waals surface area contributed by atoms with Crippen molar-refractivity contribution in [2.75, 3.05) is 11.7 Å². The van der Waals surface area contributed by atoms with Crippen molar-refractivity contribution < 1.29 is 49.1 Å². The van der Waals surface area contributed by atoms with Gasteiger partial charge in [0, 0.05) is 4.90 Å². The molecule has 218 valence electrons. The maximum atomic E-state index is 12.7. The number of halogens is 1. The first-order valence-corrected chi connectivity index (χ1v) is 12.9. The Morgan fingerprint density at radius 2 is 1.26 bits per heavy atom. The second-order valence-corrected chi connectivity index (χ2v) is 8.86. The number of nitrogens with one attached hydrogen (secondary N) is 2. The molecule has 0 fully saturated rings. The Hall–Kier alpha value is -5.56. The zero-order chi connectivity index (χ0) is 31.2. The summed E-state index contributed by atoms with van der Waals surface area (Å²) < 4.78 is 12.7. The number of carboxylic acids is 3. The summed E-state index contributed by atoms with van der Waals surface area (Å²) in [6.45, 7) is 0. The van der Waals surface area contributed by atoms with E-state index in [0.29, 0.717) is 5.69 Å². The average Bonchev–Trinajstić information content (AvgIpc) is 2.97. The van der Waals surface area contributed by atoms with Gasteiger partial charge in [0.1, 0.15) is 22.9 Å². The average molecular weight is 597 g/mol. The fraction of sp³-hybridized carbons (Fsp3) is 0.0345. The smallest absolute Gasteiger partial charge is 0.339 e. The highest BCUT2D eigenvalue weighted by atomic mass is 32.2. The van der Waals surface area contributed by atoms with Crippen molar-refractivity contribution in [1.29, 1.82) is 0 Å². The Balaban J connectivity index is 0.000000239. The summed E-state index contributed by atoms with van der Waals surface area (Å²) in [5.74, 6) is -4.38. The zero-order valence-electron chi connectivity index (χ0n) is 21.8. The predicted octanol–water partition coefficient (Wildman–Crippen LogP) is 5.18. The van der Waals surface area contributed by atoms with Crippen LogP contribution in [0, 0.1) is 5.82 Å². The number of hydrogen-bond donors (Lipinski definition) is 7. The SMILES string of the molecule is CSc1ccc(O)c(C(=O)O)c1.O=C(O)c1ccc(O)cc1.O=C(O)c1ccccc1C(=O)NNc1ccc(F)cc1. The molecule has 0 saturated heterocycles. The van der Waals surface area contributed by atoms with Crippen molar-refractivity contribution in [3.63, 3.8) is 0 Å². The predicted molar refractivity (Wildman–Crippen MR) is 153 cm³/mol. The van der Waals surface area contributed by atoms with Crippen LogP contribution in [-0.4, -0.2) is 55.6 Å². The number of aromatic hydroxyl groups is 2. The lowest BCUT2D eigenvalue weighted by Gasteiger charge is -2.10. The lowest BCUT2D eigenvalue weighted by atomic mass is 10.1. The van der Waals surface area contributed by atoms with E-state index in [9.17, 15) is 23.6 Å². The van der Waals surface area contributed by atoms with Crippen LogP contribution in [-0.2, 0) is 0 Å². The molecule has 7 N–H and O–H groups in total. The van der Waals surface area contributed by atoms with Gasteiger partial charge in [-0.15, -0.1) is 11.8 Å². The lowest BCUT2D eigenvalue weighted by molar-refractivity contribution is 0.0682. The Labute approximate surface area is 242 Å². The quantitative estimate of drug-likeness (QED) is 0.110. The third kappa shape index (κ3) is 10.2. The summed E-state index contributed by atoms with van der Waals surface area (Å²) in [5.41, 5.74) is 5.48. The first-order valence-electron chi connectivity index (χ1n) is 11.7. The van der Waals surface area contributed by atoms with Gasteiger partial charge in [-0.05, 0) is 85.1 Å². The van der Waals surface area contributed by atoms with Gasteiger partial charge >= 0.3 is 17.9 Å². The largest absolute Gasteiger partial charge is 0.508 e. The topological polar surface area (TPSA) is 193 Å². The number of carbonyl (C=O) groups excluding carboxylic acids is 1. The van der Waals surface area contributed by atoms with E-state index in [1.54, 1.807) is 12.1 Å². The fourth-order valence-corrected chi connectivity index (χ4v) is 3.45. The van der Waals surface area contributed by atoms with Crippen molar-refractivity contribution in [2.45, 2.75) is 4.90 Å². The van der Waals surface area contributed by atoms with E-state index in [1.165, 1.54) is 90.6 Å². The second kappa shape index (κ2) is 15.9. The van der Waals surface area contributed by atoms with Gasteiger partial charge in [0.25, 0.3) is 5.91 Å². The molecule has 0 saturated carbocycles. The van der Waals surface area contributed by atoms with Gasteiger partial charge in [-0.3, -0.25) is 15.6 Å². The molecule has 11 nitrogen and oxygen atoms in total. The van der Waals surface area contributed by atoms with Crippen LogP contribution in [0.2, 0.25) is 0 Å². The number of hydrazine groups is 1. The molecule has 0 heterocycles. The van der Waals surface area contributed by atoms with E-state index >= 15 is 0 Å². The van der Waals surface area contributed by atoms with Crippen LogP contribution in [0.4, 0.5) is 10.1 Å². The third-order valence-corrected chi connectivity index (χ3v) is 5.84. The number of carbonyl (C=O) groups is 4. The van der Waals surface area contributed by atoms with Gasteiger partial charge in [-0.1, -0.05) is 12.1 Å². The van der Waals surface area contributed by atoms with E-state index < -0.39 is 29.6 Å². The van der Waals surface area contributed by atoms with Gasteiger partial charge in [-0.2, -0.15) is 0 Å². The molecule has 0 bridgehead atoms. The van der Waals surface area contributed by atoms with Crippen LogP contribution in [0.25, 0.3) is 0 Å². The Bertz CT molecular complexity index is 1550. The molecule has 0 aliphatic heterocycles. The van der Waals surface area contributed by atoms with Gasteiger partial charge < -0.3 is 25.5 Å². The van der Waals surface area contributed by atoms with E-state index in [1.807, 2.05) is 6.26 Å². The minimum absolute atomic E-state index is 0.0367. The number of amides is 1. The molecule has 0 aromatic heterocycles. The molecular formula is C29H25FN2O9S. The maximum Gasteiger partial charge on any atom is 0.339 e. The summed E-state index contributed by atoms with van der Waals surface area (Å²) >= 11 is 1.43. The number of carboxylic acid groups (broad SMARTS) is 3. The number of benzene rings is 4. The molecule has 42 heavy (non-hydrogen) atoms. The van der Waals surface area contributed by atoms with Crippen LogP contribution in [0.5, 0.6) is 11.5 Å². The van der Waals surface area contributed by atoms with Crippen molar-refractivity contribution >= 4 is 41.3 Å². The minimum Gasteiger partial charge on any atom is -0.508 e. The number of anilines is 1. The normalized spacial score (nSPS) is 9.67. The first-order chi connectivity index (χ1) is 19.9. The maximum absolute atomic E-state index is 12.7. The number of phenolic OH excluding ortho intramolecular Hbond substituents is 1. The van der Waals surface area contributed by atoms with Crippen LogP contribution < -0.4 is 10.9 Å². The zero-order valence-corrected chi connectivity index (χ0v) is 22.6. The fourth-order valence-electron chi connectivity index (χ4n) is 3.01. The van der Waals surface area contributed by atoms with Gasteiger partial charge in [0.2, 0.25) is 0 Å². The minimum atomic E-state index is -1.18. The molecule has 0 atom stereocenters. The summed E-state index contributed by atoms with van der Waals surface area (Å²) in [5, 5.41) is 43.9. The Morgan fingerprint density at radius 3 is 1.79 bits per heavy atom. The van der Waals surface area contributed by atoms with Crippen LogP contribution in [0.1, 0.15) is 41.4 Å². The molecule has 4 rings (SSSR count). The Morgan fingerprint density at radius 1 is 0.690 bits per heavy atom. The lowest BCUT2D eigenvalue weighted by Crippen LogP contribution is -2.30. The highest BCUT2D eigenvalue weighted by molar-refractivity contribution is 7.98. The highest BCUT2D eigenvalue weighted by Crippen LogP contribution is 2.23. The van der Waals surface area contributed by atoms with Crippen LogP contribution >= 0.6 is 11.8 Å². The molecule has 1 amide bonds. The van der Waals surface area contributed by atoms with Crippen LogP contribution in [0.3, 0.4) is 0 Å². The molecule has 0 unspecified atom stereocenters. The molecule has 0 aliphatic rings. The molecule has 13 heteroatoms. The summed E-state index contributed by atoms with van der Waals surface area (Å²) in [7, 11) is 0. The van der Waals surface area contributed by atoms with E-state index in [2.05, 4.69) is 10.9 Å². The van der Waals surface area contributed by atoms with Crippen molar-refractivity contribution in [3.05, 3.63) is 119 Å². The highest BCUT2D eigenvalue weighted by Gasteiger charge is 2.15. The van der Waals surface area contributed by atoms with Gasteiger partial charge in [-0.25, -0.2) is 18.8 Å². The summed E-state index contributed by atoms with van der Waals surface area (Å²) in [6.07, 6.45) is 1.85. The molecule has 4 aromatic carbocycles. The Kier molecular flexibility index (Phi) is 12.3. The first kappa shape index (κ1) is 32.7. The number of phenols is 2. The van der Waals surface area contributed by atoms with Gasteiger partial charge in [0.15, 0.2) is 0 Å². The number of hydrogen-bond acceptors (Lipinski definition) is 8. The monoisotopic (exact) mass is 596 g/mol. The summed E-state index contributed by atoms with van der Waals surface area (Å²) in [4.78, 5) is 44.5. The van der Waals surface area contributed by atoms with E-state index in [0.717, 1.165) is 4.90 Å². The molecule has 4 aromatic rings. The second-order valence-electron chi connectivity index (χ2n) is 7.98. The number of aromatic carboxylic acids is 3. The van der Waals surface area contributed by atoms with Crippen molar-refractivity contribution in [2.24, 2.45) is 0 Å². The molecule has 0 radical (unpaired) electrons. The van der Waals surface area contributed by atoms with E-state index in [4.69, 9.17) is 25.5 Å².